The van der Waals surface area contributed by atoms with E-state index in [-0.39, 0.29) is 6.04 Å². The Balaban J connectivity index is 1.99. The summed E-state index contributed by atoms with van der Waals surface area (Å²) >= 11 is 3.54. The van der Waals surface area contributed by atoms with E-state index in [2.05, 4.69) is 52.3 Å². The van der Waals surface area contributed by atoms with Crippen LogP contribution in [0, 0.1) is 12.3 Å². The average molecular weight is 306 g/mol. The van der Waals surface area contributed by atoms with Gasteiger partial charge in [0.15, 0.2) is 0 Å². The Labute approximate surface area is 118 Å². The van der Waals surface area contributed by atoms with E-state index in [1.807, 2.05) is 0 Å². The van der Waals surface area contributed by atoms with Crippen molar-refractivity contribution in [2.75, 3.05) is 0 Å². The smallest absolute Gasteiger partial charge is 0.0689 e. The molecule has 0 saturated carbocycles. The van der Waals surface area contributed by atoms with Gasteiger partial charge in [0.05, 0.1) is 6.04 Å². The molecule has 1 nitrogen and oxygen atoms in total. The van der Waals surface area contributed by atoms with Crippen LogP contribution in [0.4, 0.5) is 0 Å². The SMILES string of the molecule is C#CC(CCC)NC1CCc2cc(Br)ccc2C1. The largest absolute Gasteiger partial charge is 0.301 e. The number of hydrogen-bond donors (Lipinski definition) is 1. The molecule has 0 fully saturated rings. The van der Waals surface area contributed by atoms with E-state index >= 15 is 0 Å². The monoisotopic (exact) mass is 305 g/mol. The standard InChI is InChI=1S/C16H20BrN/c1-3-5-15(4-2)18-16-9-7-12-10-14(17)8-6-13(12)11-16/h2,6,8,10,15-16,18H,3,5,7,9,11H2,1H3. The molecule has 0 spiro atoms. The van der Waals surface area contributed by atoms with Crippen LogP contribution < -0.4 is 5.32 Å². The predicted molar refractivity (Wildman–Crippen MR) is 80.6 cm³/mol. The first-order valence-corrected chi connectivity index (χ1v) is 7.51. The molecule has 0 aromatic heterocycles. The fourth-order valence-electron chi connectivity index (χ4n) is 2.65. The van der Waals surface area contributed by atoms with E-state index in [0.29, 0.717) is 6.04 Å². The van der Waals surface area contributed by atoms with Crippen molar-refractivity contribution in [1.29, 1.82) is 0 Å². The Kier molecular flexibility index (Phi) is 4.86. The van der Waals surface area contributed by atoms with Crippen LogP contribution in [0.1, 0.15) is 37.3 Å². The minimum Gasteiger partial charge on any atom is -0.301 e. The van der Waals surface area contributed by atoms with Gasteiger partial charge in [0.25, 0.3) is 0 Å². The summed E-state index contributed by atoms with van der Waals surface area (Å²) in [6, 6.07) is 7.38. The second-order valence-electron chi connectivity index (χ2n) is 5.03. The summed E-state index contributed by atoms with van der Waals surface area (Å²) in [5.41, 5.74) is 2.95. The molecular weight excluding hydrogens is 286 g/mol. The first-order chi connectivity index (χ1) is 8.72. The quantitative estimate of drug-likeness (QED) is 0.837. The third-order valence-electron chi connectivity index (χ3n) is 3.61. The van der Waals surface area contributed by atoms with Gasteiger partial charge in [-0.1, -0.05) is 41.3 Å². The molecule has 2 heteroatoms. The summed E-state index contributed by atoms with van der Waals surface area (Å²) in [7, 11) is 0. The highest BCUT2D eigenvalue weighted by Crippen LogP contribution is 2.25. The van der Waals surface area contributed by atoms with Crippen LogP contribution in [0.5, 0.6) is 0 Å². The van der Waals surface area contributed by atoms with Gasteiger partial charge in [0.1, 0.15) is 0 Å². The molecule has 2 atom stereocenters. The van der Waals surface area contributed by atoms with E-state index < -0.39 is 0 Å². The maximum atomic E-state index is 5.57. The highest BCUT2D eigenvalue weighted by atomic mass is 79.9. The molecule has 1 N–H and O–H groups in total. The van der Waals surface area contributed by atoms with Crippen LogP contribution in [0.25, 0.3) is 0 Å². The summed E-state index contributed by atoms with van der Waals surface area (Å²) in [5, 5.41) is 3.61. The van der Waals surface area contributed by atoms with Gasteiger partial charge in [-0.3, -0.25) is 0 Å². The van der Waals surface area contributed by atoms with Crippen molar-refractivity contribution >= 4 is 15.9 Å². The number of nitrogens with one attached hydrogen (secondary N) is 1. The maximum Gasteiger partial charge on any atom is 0.0689 e. The lowest BCUT2D eigenvalue weighted by Gasteiger charge is -2.28. The van der Waals surface area contributed by atoms with Crippen molar-refractivity contribution in [3.8, 4) is 12.3 Å². The summed E-state index contributed by atoms with van der Waals surface area (Å²) in [4.78, 5) is 0. The Morgan fingerprint density at radius 3 is 3.06 bits per heavy atom. The van der Waals surface area contributed by atoms with Gasteiger partial charge in [-0.15, -0.1) is 6.42 Å². The highest BCUT2D eigenvalue weighted by Gasteiger charge is 2.20. The third kappa shape index (κ3) is 3.37. The average Bonchev–Trinajstić information content (AvgIpc) is 2.38. The molecule has 0 bridgehead atoms. The first-order valence-electron chi connectivity index (χ1n) is 6.72. The number of benzene rings is 1. The topological polar surface area (TPSA) is 12.0 Å². The lowest BCUT2D eigenvalue weighted by Crippen LogP contribution is -2.40. The molecule has 1 aliphatic rings. The fraction of sp³-hybridized carbons (Fsp3) is 0.500. The molecule has 1 aromatic carbocycles. The van der Waals surface area contributed by atoms with Crippen LogP contribution in [0.3, 0.4) is 0 Å². The fourth-order valence-corrected chi connectivity index (χ4v) is 3.06. The normalized spacial score (nSPS) is 19.9. The number of hydrogen-bond acceptors (Lipinski definition) is 1. The molecule has 18 heavy (non-hydrogen) atoms. The molecule has 2 rings (SSSR count). The van der Waals surface area contributed by atoms with Crippen LogP contribution in [-0.4, -0.2) is 12.1 Å². The van der Waals surface area contributed by atoms with Crippen LogP contribution in [0.2, 0.25) is 0 Å². The summed E-state index contributed by atoms with van der Waals surface area (Å²) in [6.45, 7) is 2.18. The minimum atomic E-state index is 0.233. The Morgan fingerprint density at radius 1 is 1.50 bits per heavy atom. The zero-order valence-corrected chi connectivity index (χ0v) is 12.5. The molecule has 2 unspecified atom stereocenters. The van der Waals surface area contributed by atoms with Crippen LogP contribution >= 0.6 is 15.9 Å². The second kappa shape index (κ2) is 6.41. The van der Waals surface area contributed by atoms with Gasteiger partial charge in [0, 0.05) is 10.5 Å². The summed E-state index contributed by atoms with van der Waals surface area (Å²) in [5.74, 6) is 2.86. The minimum absolute atomic E-state index is 0.233. The Hall–Kier alpha value is -0.780. The van der Waals surface area contributed by atoms with Crippen molar-refractivity contribution in [2.24, 2.45) is 0 Å². The van der Waals surface area contributed by atoms with Crippen molar-refractivity contribution < 1.29 is 0 Å². The van der Waals surface area contributed by atoms with Gasteiger partial charge in [0.2, 0.25) is 0 Å². The number of terminal acetylenes is 1. The van der Waals surface area contributed by atoms with Gasteiger partial charge >= 0.3 is 0 Å². The molecule has 0 radical (unpaired) electrons. The molecule has 0 saturated heterocycles. The molecule has 0 aliphatic heterocycles. The van der Waals surface area contributed by atoms with E-state index in [1.165, 1.54) is 22.0 Å². The molecule has 1 aromatic rings. The molecular formula is C16H20BrN. The molecule has 1 aliphatic carbocycles. The van der Waals surface area contributed by atoms with E-state index in [1.54, 1.807) is 0 Å². The Morgan fingerprint density at radius 2 is 2.33 bits per heavy atom. The number of rotatable bonds is 4. The third-order valence-corrected chi connectivity index (χ3v) is 4.11. The zero-order valence-electron chi connectivity index (χ0n) is 10.9. The van der Waals surface area contributed by atoms with Crippen LogP contribution in [-0.2, 0) is 12.8 Å². The lowest BCUT2D eigenvalue weighted by atomic mass is 9.88. The molecule has 0 heterocycles. The van der Waals surface area contributed by atoms with E-state index in [4.69, 9.17) is 6.42 Å². The van der Waals surface area contributed by atoms with Crippen molar-refractivity contribution in [3.05, 3.63) is 33.8 Å². The lowest BCUT2D eigenvalue weighted by molar-refractivity contribution is 0.418. The van der Waals surface area contributed by atoms with Crippen molar-refractivity contribution in [2.45, 2.75) is 51.1 Å². The van der Waals surface area contributed by atoms with E-state index in [9.17, 15) is 0 Å². The van der Waals surface area contributed by atoms with Gasteiger partial charge in [-0.05, 0) is 48.9 Å². The highest BCUT2D eigenvalue weighted by molar-refractivity contribution is 9.10. The van der Waals surface area contributed by atoms with Crippen LogP contribution in [0.15, 0.2) is 22.7 Å². The van der Waals surface area contributed by atoms with Gasteiger partial charge < -0.3 is 5.32 Å². The number of aryl methyl sites for hydroxylation is 1. The van der Waals surface area contributed by atoms with Gasteiger partial charge in [-0.25, -0.2) is 0 Å². The molecule has 0 amide bonds. The predicted octanol–water partition coefficient (Wildman–Crippen LogP) is 3.70. The van der Waals surface area contributed by atoms with Crippen molar-refractivity contribution in [3.63, 3.8) is 0 Å². The Bertz CT molecular complexity index is 447. The number of fused-ring (bicyclic) bond motifs is 1. The summed E-state index contributed by atoms with van der Waals surface area (Å²) < 4.78 is 1.18. The summed E-state index contributed by atoms with van der Waals surface area (Å²) in [6.07, 6.45) is 11.2. The zero-order chi connectivity index (χ0) is 13.0. The van der Waals surface area contributed by atoms with Crippen molar-refractivity contribution in [1.82, 2.24) is 5.32 Å². The number of halogens is 1. The second-order valence-corrected chi connectivity index (χ2v) is 5.94. The van der Waals surface area contributed by atoms with Gasteiger partial charge in [-0.2, -0.15) is 0 Å². The maximum absolute atomic E-state index is 5.57. The first kappa shape index (κ1) is 13.6. The van der Waals surface area contributed by atoms with E-state index in [0.717, 1.165) is 25.7 Å². The molecule has 96 valence electrons.